The first-order valence-electron chi connectivity index (χ1n) is 16.7. The predicted molar refractivity (Wildman–Crippen MR) is 215 cm³/mol. The third-order valence-electron chi connectivity index (χ3n) is 8.79. The molecular formula is C42H45ClN4S. The second kappa shape index (κ2) is 15.5. The molecule has 246 valence electrons. The fourth-order valence-corrected chi connectivity index (χ4v) is 6.91. The highest BCUT2D eigenvalue weighted by molar-refractivity contribution is 7.59. The van der Waals surface area contributed by atoms with Gasteiger partial charge in [0.05, 0.1) is 22.9 Å². The van der Waals surface area contributed by atoms with Crippen molar-refractivity contribution in [3.05, 3.63) is 131 Å². The molecule has 0 radical (unpaired) electrons. The number of nitrogens with one attached hydrogen (secondary N) is 2. The van der Waals surface area contributed by atoms with Gasteiger partial charge in [0.1, 0.15) is 5.50 Å². The quantitative estimate of drug-likeness (QED) is 0.0938. The van der Waals surface area contributed by atoms with Crippen molar-refractivity contribution in [2.45, 2.75) is 52.1 Å². The van der Waals surface area contributed by atoms with Gasteiger partial charge in [-0.25, -0.2) is 0 Å². The second-order valence-corrected chi connectivity index (χ2v) is 12.1. The Hall–Kier alpha value is -4.58. The standard InChI is InChI=1S/C40H37ClN4.C2H6.H2S/c1-3-12-38-30(4-2)32-22-21-27(25-39(32)45(38)29-13-6-5-7-14-29)26-19-20-28-24-37(40(41)44-36-18-11-9-16-34(36)42)43-35-17-10-8-15-31(35)33(28)23-26;1-2;/h4-23,25,37,40,43-44H,3,24,42H2,1-2H3;1-2H3;1H2/b30-4-,38-12+;;. The number of benzene rings is 5. The summed E-state index contributed by atoms with van der Waals surface area (Å²) in [7, 11) is 0. The molecule has 1 aliphatic heterocycles. The van der Waals surface area contributed by atoms with E-state index >= 15 is 0 Å². The molecule has 0 saturated carbocycles. The zero-order valence-corrected chi connectivity index (χ0v) is 29.9. The van der Waals surface area contributed by atoms with Gasteiger partial charge in [-0.1, -0.05) is 117 Å². The van der Waals surface area contributed by atoms with Gasteiger partial charge in [0.25, 0.3) is 0 Å². The molecule has 5 aromatic carbocycles. The Morgan fingerprint density at radius 2 is 1.56 bits per heavy atom. The molecule has 4 nitrogen and oxygen atoms in total. The van der Waals surface area contributed by atoms with Crippen molar-refractivity contribution in [2.24, 2.45) is 0 Å². The summed E-state index contributed by atoms with van der Waals surface area (Å²) in [5, 5.41) is 10.9. The third kappa shape index (κ3) is 6.71. The number of nitrogens with zero attached hydrogens (tertiary/aromatic N) is 1. The Bertz CT molecular complexity index is 2140. The Labute approximate surface area is 296 Å². The minimum atomic E-state index is -0.375. The van der Waals surface area contributed by atoms with Crippen LogP contribution in [0.15, 0.2) is 115 Å². The largest absolute Gasteiger partial charge is 0.397 e. The van der Waals surface area contributed by atoms with Crippen LogP contribution in [-0.2, 0) is 6.42 Å². The molecular weight excluding hydrogens is 628 g/mol. The summed E-state index contributed by atoms with van der Waals surface area (Å²) in [5.41, 5.74) is 16.8. The molecule has 0 aliphatic carbocycles. The number of para-hydroxylation sites is 4. The molecule has 2 unspecified atom stereocenters. The van der Waals surface area contributed by atoms with E-state index in [1.54, 1.807) is 0 Å². The topological polar surface area (TPSA) is 55.0 Å². The molecule has 0 spiro atoms. The lowest BCUT2D eigenvalue weighted by Gasteiger charge is -2.25. The van der Waals surface area contributed by atoms with Gasteiger partial charge >= 0.3 is 0 Å². The van der Waals surface area contributed by atoms with Crippen LogP contribution < -0.4 is 26.9 Å². The molecule has 0 fully saturated rings. The number of hydrogen-bond acceptors (Lipinski definition) is 3. The maximum atomic E-state index is 7.03. The molecule has 1 aromatic heterocycles. The number of rotatable bonds is 6. The molecule has 4 N–H and O–H groups in total. The first-order valence-corrected chi connectivity index (χ1v) is 17.1. The van der Waals surface area contributed by atoms with Crippen LogP contribution in [0.4, 0.5) is 17.1 Å². The summed E-state index contributed by atoms with van der Waals surface area (Å²) < 4.78 is 2.40. The van der Waals surface area contributed by atoms with Gasteiger partial charge in [-0.05, 0) is 84.5 Å². The van der Waals surface area contributed by atoms with Crippen LogP contribution in [0.2, 0.25) is 0 Å². The third-order valence-corrected chi connectivity index (χ3v) is 9.21. The van der Waals surface area contributed by atoms with Crippen LogP contribution in [0, 0.1) is 0 Å². The van der Waals surface area contributed by atoms with Crippen molar-refractivity contribution in [1.29, 1.82) is 0 Å². The number of nitrogen functional groups attached to an aromatic ring is 1. The molecule has 6 heteroatoms. The van der Waals surface area contributed by atoms with E-state index in [4.69, 9.17) is 17.3 Å². The van der Waals surface area contributed by atoms with Crippen LogP contribution in [-0.4, -0.2) is 16.1 Å². The van der Waals surface area contributed by atoms with E-state index in [0.29, 0.717) is 5.69 Å². The molecule has 0 bridgehead atoms. The van der Waals surface area contributed by atoms with Crippen LogP contribution >= 0.6 is 25.1 Å². The molecule has 0 amide bonds. The van der Waals surface area contributed by atoms with Gasteiger partial charge in [0.15, 0.2) is 0 Å². The molecule has 1 aliphatic rings. The highest BCUT2D eigenvalue weighted by Crippen LogP contribution is 2.39. The number of nitrogens with two attached hydrogens (primary N) is 1. The average Bonchev–Trinajstić information content (AvgIpc) is 3.32. The summed E-state index contributed by atoms with van der Waals surface area (Å²) in [5.74, 6) is 0. The lowest BCUT2D eigenvalue weighted by Crippen LogP contribution is -2.36. The molecule has 0 saturated heterocycles. The minimum absolute atomic E-state index is 0. The Morgan fingerprint density at radius 1 is 0.875 bits per heavy atom. The zero-order valence-electron chi connectivity index (χ0n) is 28.1. The summed E-state index contributed by atoms with van der Waals surface area (Å²) in [6, 6.07) is 40.6. The van der Waals surface area contributed by atoms with E-state index in [1.807, 2.05) is 38.1 Å². The van der Waals surface area contributed by atoms with Gasteiger partial charge in [0, 0.05) is 32.9 Å². The minimum Gasteiger partial charge on any atom is -0.397 e. The first-order chi connectivity index (χ1) is 23.1. The van der Waals surface area contributed by atoms with E-state index in [1.165, 1.54) is 55.0 Å². The van der Waals surface area contributed by atoms with E-state index in [0.717, 1.165) is 24.2 Å². The van der Waals surface area contributed by atoms with E-state index in [9.17, 15) is 0 Å². The van der Waals surface area contributed by atoms with Crippen molar-refractivity contribution in [2.75, 3.05) is 16.4 Å². The fourth-order valence-electron chi connectivity index (χ4n) is 6.64. The van der Waals surface area contributed by atoms with Crippen molar-refractivity contribution in [3.63, 3.8) is 0 Å². The maximum absolute atomic E-state index is 7.03. The number of hydrogen-bond donors (Lipinski definition) is 3. The van der Waals surface area contributed by atoms with Crippen LogP contribution in [0.3, 0.4) is 0 Å². The zero-order chi connectivity index (χ0) is 32.9. The van der Waals surface area contributed by atoms with E-state index in [-0.39, 0.29) is 25.0 Å². The average molecular weight is 673 g/mol. The number of alkyl halides is 1. The van der Waals surface area contributed by atoms with Crippen molar-refractivity contribution in [3.8, 4) is 27.9 Å². The predicted octanol–water partition coefficient (Wildman–Crippen LogP) is 9.69. The number of aromatic nitrogens is 1. The summed E-state index contributed by atoms with van der Waals surface area (Å²) in [6.07, 6.45) is 6.29. The van der Waals surface area contributed by atoms with Gasteiger partial charge in [-0.15, -0.1) is 0 Å². The van der Waals surface area contributed by atoms with E-state index < -0.39 is 0 Å². The van der Waals surface area contributed by atoms with Crippen LogP contribution in [0.5, 0.6) is 0 Å². The lowest BCUT2D eigenvalue weighted by molar-refractivity contribution is 0.712. The summed E-state index contributed by atoms with van der Waals surface area (Å²) in [4.78, 5) is 0. The number of halogens is 1. The molecule has 2 heterocycles. The molecule has 6 aromatic rings. The van der Waals surface area contributed by atoms with Gasteiger partial charge < -0.3 is 20.9 Å². The molecule has 48 heavy (non-hydrogen) atoms. The van der Waals surface area contributed by atoms with Gasteiger partial charge in [0.2, 0.25) is 0 Å². The number of fused-ring (bicyclic) bond motifs is 4. The van der Waals surface area contributed by atoms with Crippen molar-refractivity contribution >= 4 is 65.2 Å². The Morgan fingerprint density at radius 3 is 2.31 bits per heavy atom. The second-order valence-electron chi connectivity index (χ2n) is 11.6. The highest BCUT2D eigenvalue weighted by atomic mass is 35.5. The normalized spacial score (nSPS) is 14.8. The smallest absolute Gasteiger partial charge is 0.122 e. The fraction of sp³-hybridized carbons (Fsp3) is 0.190. The van der Waals surface area contributed by atoms with Gasteiger partial charge in [-0.3, -0.25) is 0 Å². The highest BCUT2D eigenvalue weighted by Gasteiger charge is 2.26. The van der Waals surface area contributed by atoms with Crippen LogP contribution in [0.1, 0.15) is 39.7 Å². The molecule has 2 atom stereocenters. The maximum Gasteiger partial charge on any atom is 0.122 e. The van der Waals surface area contributed by atoms with Crippen molar-refractivity contribution < 1.29 is 0 Å². The monoisotopic (exact) mass is 672 g/mol. The Balaban J connectivity index is 0.00000148. The lowest BCUT2D eigenvalue weighted by atomic mass is 9.92. The van der Waals surface area contributed by atoms with Crippen LogP contribution in [0.25, 0.3) is 51.0 Å². The number of anilines is 3. The van der Waals surface area contributed by atoms with E-state index in [2.05, 4.69) is 132 Å². The first kappa shape index (κ1) is 34.7. The molecule has 7 rings (SSSR count). The summed E-state index contributed by atoms with van der Waals surface area (Å²) >= 11 is 7.03. The van der Waals surface area contributed by atoms with Crippen molar-refractivity contribution in [1.82, 2.24) is 4.57 Å². The van der Waals surface area contributed by atoms with Gasteiger partial charge in [-0.2, -0.15) is 13.5 Å². The SMILES string of the molecule is C/C=c1\c(=C/CC)n(-c2ccccc2)c2cc(-c3ccc4c(c3)-c3ccccc3NC(C(Cl)Nc3ccccc3N)C4)ccc12.CC.S. The summed E-state index contributed by atoms with van der Waals surface area (Å²) in [6.45, 7) is 8.33. The Kier molecular flexibility index (Phi) is 11.3.